The molecule has 0 bridgehead atoms. The van der Waals surface area contributed by atoms with Crippen LogP contribution in [0.1, 0.15) is 65.2 Å². The fraction of sp³-hybridized carbons (Fsp3) is 0.500. The topological polar surface area (TPSA) is 0 Å². The largest absolute Gasteiger partial charge is 0.259 e. The number of benzene rings is 2. The van der Waals surface area contributed by atoms with Gasteiger partial charge in [-0.05, 0) is 44.0 Å². The van der Waals surface area contributed by atoms with Crippen LogP contribution in [0.5, 0.6) is 0 Å². The van der Waals surface area contributed by atoms with Crippen LogP contribution in [0.15, 0.2) is 60.7 Å². The monoisotopic (exact) mass is 338 g/mol. The van der Waals surface area contributed by atoms with Crippen LogP contribution in [-0.2, 0) is 0 Å². The standard InChI is InChI=1S/C24H36N/c1-3-5-6-7-8-9-10-17-22-25(4-2,23-18-13-11-14-19-23)24-20-15-12-16-21-24/h11-16,18-21H,3-10,17,22H2,1-2H3/q+1. The summed E-state index contributed by atoms with van der Waals surface area (Å²) >= 11 is 0. The molecule has 2 aromatic carbocycles. The van der Waals surface area contributed by atoms with Crippen molar-refractivity contribution >= 4 is 11.4 Å². The number of hydrogen-bond acceptors (Lipinski definition) is 0. The summed E-state index contributed by atoms with van der Waals surface area (Å²) in [4.78, 5) is 0. The minimum Gasteiger partial charge on any atom is -0.259 e. The molecule has 25 heavy (non-hydrogen) atoms. The molecule has 0 saturated heterocycles. The third-order valence-electron chi connectivity index (χ3n) is 5.43. The minimum atomic E-state index is 0.970. The van der Waals surface area contributed by atoms with Gasteiger partial charge in [0.15, 0.2) is 0 Å². The normalized spacial score (nSPS) is 11.6. The van der Waals surface area contributed by atoms with E-state index in [0.717, 1.165) is 11.0 Å². The number of hydrogen-bond donors (Lipinski definition) is 0. The Morgan fingerprint density at radius 2 is 1.00 bits per heavy atom. The van der Waals surface area contributed by atoms with Crippen molar-refractivity contribution in [3.05, 3.63) is 60.7 Å². The van der Waals surface area contributed by atoms with Gasteiger partial charge in [0.2, 0.25) is 0 Å². The lowest BCUT2D eigenvalue weighted by Crippen LogP contribution is -2.44. The Morgan fingerprint density at radius 1 is 0.560 bits per heavy atom. The van der Waals surface area contributed by atoms with E-state index in [4.69, 9.17) is 0 Å². The van der Waals surface area contributed by atoms with E-state index in [-0.39, 0.29) is 0 Å². The highest BCUT2D eigenvalue weighted by molar-refractivity contribution is 5.58. The Morgan fingerprint density at radius 3 is 1.44 bits per heavy atom. The molecule has 0 spiro atoms. The van der Waals surface area contributed by atoms with Gasteiger partial charge in [-0.2, -0.15) is 0 Å². The molecule has 136 valence electrons. The number of quaternary nitrogens is 1. The molecular formula is C24H36N+. The van der Waals surface area contributed by atoms with Gasteiger partial charge < -0.3 is 0 Å². The van der Waals surface area contributed by atoms with Gasteiger partial charge in [0.25, 0.3) is 0 Å². The van der Waals surface area contributed by atoms with Gasteiger partial charge in [0.1, 0.15) is 11.4 Å². The number of unbranched alkanes of at least 4 members (excludes halogenated alkanes) is 7. The van der Waals surface area contributed by atoms with Crippen LogP contribution in [0.2, 0.25) is 0 Å². The van der Waals surface area contributed by atoms with Crippen molar-refractivity contribution in [3.63, 3.8) is 0 Å². The predicted molar refractivity (Wildman–Crippen MR) is 112 cm³/mol. The summed E-state index contributed by atoms with van der Waals surface area (Å²) in [5.74, 6) is 0. The summed E-state index contributed by atoms with van der Waals surface area (Å²) < 4.78 is 0.970. The highest BCUT2D eigenvalue weighted by Crippen LogP contribution is 2.34. The molecule has 1 nitrogen and oxygen atoms in total. The van der Waals surface area contributed by atoms with E-state index < -0.39 is 0 Å². The van der Waals surface area contributed by atoms with Gasteiger partial charge in [-0.15, -0.1) is 0 Å². The first-order valence-electron chi connectivity index (χ1n) is 10.3. The van der Waals surface area contributed by atoms with Crippen LogP contribution in [0, 0.1) is 0 Å². The van der Waals surface area contributed by atoms with E-state index in [1.54, 1.807) is 0 Å². The zero-order valence-electron chi connectivity index (χ0n) is 16.3. The van der Waals surface area contributed by atoms with E-state index in [1.165, 1.54) is 69.3 Å². The average molecular weight is 339 g/mol. The molecule has 0 atom stereocenters. The highest BCUT2D eigenvalue weighted by atomic mass is 15.4. The first-order valence-corrected chi connectivity index (χ1v) is 10.3. The van der Waals surface area contributed by atoms with Crippen LogP contribution in [0.3, 0.4) is 0 Å². The summed E-state index contributed by atoms with van der Waals surface area (Å²) in [6.07, 6.45) is 11.0. The molecule has 0 aliphatic heterocycles. The van der Waals surface area contributed by atoms with Gasteiger partial charge in [-0.1, -0.05) is 81.8 Å². The maximum absolute atomic E-state index is 2.32. The zero-order valence-corrected chi connectivity index (χ0v) is 16.3. The zero-order chi connectivity index (χ0) is 17.8. The van der Waals surface area contributed by atoms with Crippen LogP contribution >= 0.6 is 0 Å². The molecule has 0 aromatic heterocycles. The van der Waals surface area contributed by atoms with E-state index >= 15 is 0 Å². The third-order valence-corrected chi connectivity index (χ3v) is 5.43. The molecule has 0 aliphatic rings. The summed E-state index contributed by atoms with van der Waals surface area (Å²) in [6.45, 7) is 6.91. The van der Waals surface area contributed by atoms with Gasteiger partial charge in [0.05, 0.1) is 13.1 Å². The highest BCUT2D eigenvalue weighted by Gasteiger charge is 2.30. The van der Waals surface area contributed by atoms with Gasteiger partial charge in [-0.25, -0.2) is 0 Å². The van der Waals surface area contributed by atoms with Crippen LogP contribution in [0.4, 0.5) is 11.4 Å². The molecular weight excluding hydrogens is 302 g/mol. The van der Waals surface area contributed by atoms with Gasteiger partial charge >= 0.3 is 0 Å². The maximum atomic E-state index is 2.32. The summed E-state index contributed by atoms with van der Waals surface area (Å²) in [7, 11) is 0. The Labute approximate surface area is 155 Å². The first-order chi connectivity index (χ1) is 12.3. The molecule has 2 aromatic rings. The van der Waals surface area contributed by atoms with E-state index in [9.17, 15) is 0 Å². The average Bonchev–Trinajstić information content (AvgIpc) is 2.69. The molecule has 0 heterocycles. The second kappa shape index (κ2) is 11.1. The Bertz CT molecular complexity index is 522. The smallest absolute Gasteiger partial charge is 0.137 e. The quantitative estimate of drug-likeness (QED) is 0.278. The van der Waals surface area contributed by atoms with E-state index in [2.05, 4.69) is 74.5 Å². The molecule has 0 radical (unpaired) electrons. The van der Waals surface area contributed by atoms with Crippen molar-refractivity contribution in [2.75, 3.05) is 13.1 Å². The van der Waals surface area contributed by atoms with Crippen LogP contribution in [0.25, 0.3) is 0 Å². The predicted octanol–water partition coefficient (Wildman–Crippen LogP) is 7.49. The molecule has 0 amide bonds. The van der Waals surface area contributed by atoms with E-state index in [1.807, 2.05) is 0 Å². The second-order valence-corrected chi connectivity index (χ2v) is 7.15. The molecule has 1 heteroatoms. The van der Waals surface area contributed by atoms with Crippen LogP contribution < -0.4 is 4.48 Å². The van der Waals surface area contributed by atoms with Crippen molar-refractivity contribution in [2.45, 2.75) is 65.2 Å². The van der Waals surface area contributed by atoms with Crippen molar-refractivity contribution in [1.29, 1.82) is 0 Å². The molecule has 0 saturated carbocycles. The SMILES string of the molecule is CCCCCCCCCC[N+](CC)(c1ccccc1)c1ccccc1. The fourth-order valence-electron chi connectivity index (χ4n) is 3.87. The Kier molecular flexibility index (Phi) is 8.76. The van der Waals surface area contributed by atoms with Crippen LogP contribution in [-0.4, -0.2) is 13.1 Å². The molecule has 2 rings (SSSR count). The fourth-order valence-corrected chi connectivity index (χ4v) is 3.87. The summed E-state index contributed by atoms with van der Waals surface area (Å²) in [6, 6.07) is 22.1. The summed E-state index contributed by atoms with van der Waals surface area (Å²) in [5, 5.41) is 0. The Balaban J connectivity index is 1.99. The lowest BCUT2D eigenvalue weighted by molar-refractivity contribution is 0.382. The maximum Gasteiger partial charge on any atom is 0.137 e. The van der Waals surface area contributed by atoms with Gasteiger partial charge in [0, 0.05) is 0 Å². The van der Waals surface area contributed by atoms with Crippen molar-refractivity contribution < 1.29 is 0 Å². The molecule has 0 fully saturated rings. The molecule has 0 unspecified atom stereocenters. The van der Waals surface area contributed by atoms with E-state index in [0.29, 0.717) is 0 Å². The third kappa shape index (κ3) is 5.71. The lowest BCUT2D eigenvalue weighted by atomic mass is 10.1. The van der Waals surface area contributed by atoms with Crippen molar-refractivity contribution in [2.24, 2.45) is 0 Å². The van der Waals surface area contributed by atoms with Gasteiger partial charge in [-0.3, -0.25) is 4.48 Å². The first kappa shape index (κ1) is 19.7. The number of rotatable bonds is 12. The number of nitrogens with zero attached hydrogens (tertiary/aromatic N) is 1. The molecule has 0 N–H and O–H groups in total. The van der Waals surface area contributed by atoms with Crippen molar-refractivity contribution in [1.82, 2.24) is 4.48 Å². The minimum absolute atomic E-state index is 0.970. The lowest BCUT2D eigenvalue weighted by Gasteiger charge is -2.37. The number of para-hydroxylation sites is 2. The molecule has 0 aliphatic carbocycles. The van der Waals surface area contributed by atoms with Crippen molar-refractivity contribution in [3.8, 4) is 0 Å². The summed E-state index contributed by atoms with van der Waals surface area (Å²) in [5.41, 5.74) is 2.83. The second-order valence-electron chi connectivity index (χ2n) is 7.15. The Hall–Kier alpha value is -1.60.